The van der Waals surface area contributed by atoms with Crippen LogP contribution in [-0.2, 0) is 4.79 Å². The zero-order valence-electron chi connectivity index (χ0n) is 12.1. The molecule has 0 aliphatic carbocycles. The Morgan fingerprint density at radius 3 is 2.82 bits per heavy atom. The predicted molar refractivity (Wildman–Crippen MR) is 80.7 cm³/mol. The maximum atomic E-state index is 11.9. The van der Waals surface area contributed by atoms with Crippen LogP contribution in [0.2, 0.25) is 0 Å². The van der Waals surface area contributed by atoms with Crippen molar-refractivity contribution in [2.75, 3.05) is 5.32 Å². The van der Waals surface area contributed by atoms with Gasteiger partial charge in [-0.15, -0.1) is 10.2 Å². The van der Waals surface area contributed by atoms with Crippen LogP contribution >= 0.6 is 11.3 Å². The standard InChI is InChI=1S/C13H16N4O4S/c1-13(2,6-5-9(18)19)15-11(20)14-12-17-16-10(22-12)8-4-3-7-21-8/h3-4,7H,5-6H2,1-2H3,(H,18,19)(H2,14,15,17,20). The number of nitrogens with zero attached hydrogens (tertiary/aromatic N) is 2. The van der Waals surface area contributed by atoms with Gasteiger partial charge in [0.05, 0.1) is 6.26 Å². The number of nitrogens with one attached hydrogen (secondary N) is 2. The average molecular weight is 324 g/mol. The minimum absolute atomic E-state index is 0.0191. The van der Waals surface area contributed by atoms with Crippen LogP contribution < -0.4 is 10.6 Å². The van der Waals surface area contributed by atoms with Gasteiger partial charge in [-0.1, -0.05) is 11.3 Å². The van der Waals surface area contributed by atoms with Crippen LogP contribution in [0.3, 0.4) is 0 Å². The fourth-order valence-corrected chi connectivity index (χ4v) is 2.40. The number of aliphatic carboxylic acids is 1. The zero-order chi connectivity index (χ0) is 16.2. The maximum Gasteiger partial charge on any atom is 0.321 e. The van der Waals surface area contributed by atoms with Gasteiger partial charge in [0, 0.05) is 12.0 Å². The van der Waals surface area contributed by atoms with Crippen LogP contribution in [0, 0.1) is 0 Å². The molecule has 0 bridgehead atoms. The normalized spacial score (nSPS) is 11.2. The first-order valence-corrected chi connectivity index (χ1v) is 7.36. The fourth-order valence-electron chi connectivity index (χ4n) is 1.69. The van der Waals surface area contributed by atoms with Crippen molar-refractivity contribution in [3.05, 3.63) is 18.4 Å². The highest BCUT2D eigenvalue weighted by molar-refractivity contribution is 7.18. The average Bonchev–Trinajstić information content (AvgIpc) is 3.06. The highest BCUT2D eigenvalue weighted by Gasteiger charge is 2.22. The summed E-state index contributed by atoms with van der Waals surface area (Å²) in [4.78, 5) is 22.5. The van der Waals surface area contributed by atoms with Crippen LogP contribution in [0.5, 0.6) is 0 Å². The third-order valence-corrected chi connectivity index (χ3v) is 3.65. The van der Waals surface area contributed by atoms with Gasteiger partial charge in [-0.25, -0.2) is 4.79 Å². The molecule has 0 spiro atoms. The summed E-state index contributed by atoms with van der Waals surface area (Å²) in [5.74, 6) is -0.324. The zero-order valence-corrected chi connectivity index (χ0v) is 12.9. The maximum absolute atomic E-state index is 11.9. The fraction of sp³-hybridized carbons (Fsp3) is 0.385. The number of aromatic nitrogens is 2. The third kappa shape index (κ3) is 4.55. The van der Waals surface area contributed by atoms with Crippen molar-refractivity contribution in [3.63, 3.8) is 0 Å². The van der Waals surface area contributed by atoms with E-state index >= 15 is 0 Å². The van der Waals surface area contributed by atoms with Gasteiger partial charge in [-0.2, -0.15) is 0 Å². The third-order valence-electron chi connectivity index (χ3n) is 2.79. The summed E-state index contributed by atoms with van der Waals surface area (Å²) in [7, 11) is 0. The van der Waals surface area contributed by atoms with Gasteiger partial charge in [-0.05, 0) is 32.4 Å². The number of amides is 2. The van der Waals surface area contributed by atoms with Crippen molar-refractivity contribution in [2.24, 2.45) is 0 Å². The summed E-state index contributed by atoms with van der Waals surface area (Å²) in [5.41, 5.74) is -0.642. The molecule has 0 fully saturated rings. The Balaban J connectivity index is 1.90. The lowest BCUT2D eigenvalue weighted by Crippen LogP contribution is -2.45. The summed E-state index contributed by atoms with van der Waals surface area (Å²) < 4.78 is 5.20. The first-order valence-electron chi connectivity index (χ1n) is 6.54. The lowest BCUT2D eigenvalue weighted by Gasteiger charge is -2.25. The number of carbonyl (C=O) groups excluding carboxylic acids is 1. The minimum Gasteiger partial charge on any atom is -0.481 e. The molecule has 9 heteroatoms. The summed E-state index contributed by atoms with van der Waals surface area (Å²) in [5, 5.41) is 22.6. The lowest BCUT2D eigenvalue weighted by molar-refractivity contribution is -0.137. The predicted octanol–water partition coefficient (Wildman–Crippen LogP) is 2.56. The summed E-state index contributed by atoms with van der Waals surface area (Å²) in [6.45, 7) is 3.51. The molecule has 0 aromatic carbocycles. The Hall–Kier alpha value is -2.42. The molecule has 118 valence electrons. The van der Waals surface area contributed by atoms with E-state index in [0.717, 1.165) is 0 Å². The van der Waals surface area contributed by atoms with Crippen molar-refractivity contribution in [1.29, 1.82) is 0 Å². The van der Waals surface area contributed by atoms with E-state index in [9.17, 15) is 9.59 Å². The monoisotopic (exact) mass is 324 g/mol. The van der Waals surface area contributed by atoms with Crippen LogP contribution in [-0.4, -0.2) is 32.8 Å². The van der Waals surface area contributed by atoms with E-state index < -0.39 is 17.5 Å². The van der Waals surface area contributed by atoms with Gasteiger partial charge in [-0.3, -0.25) is 10.1 Å². The van der Waals surface area contributed by atoms with Gasteiger partial charge < -0.3 is 14.8 Å². The number of carbonyl (C=O) groups is 2. The van der Waals surface area contributed by atoms with Crippen LogP contribution in [0.1, 0.15) is 26.7 Å². The molecule has 0 saturated carbocycles. The minimum atomic E-state index is -0.900. The van der Waals surface area contributed by atoms with E-state index in [-0.39, 0.29) is 6.42 Å². The Labute approximate surface area is 130 Å². The molecule has 0 radical (unpaired) electrons. The number of hydrogen-bond donors (Lipinski definition) is 3. The van der Waals surface area contributed by atoms with Crippen molar-refractivity contribution >= 4 is 28.5 Å². The molecule has 0 unspecified atom stereocenters. The highest BCUT2D eigenvalue weighted by atomic mass is 32.1. The number of anilines is 1. The van der Waals surface area contributed by atoms with E-state index in [2.05, 4.69) is 20.8 Å². The second kappa shape index (κ2) is 6.56. The highest BCUT2D eigenvalue weighted by Crippen LogP contribution is 2.26. The topological polar surface area (TPSA) is 117 Å². The van der Waals surface area contributed by atoms with Crippen molar-refractivity contribution in [1.82, 2.24) is 15.5 Å². The molecule has 2 heterocycles. The largest absolute Gasteiger partial charge is 0.481 e. The Morgan fingerprint density at radius 2 is 2.18 bits per heavy atom. The lowest BCUT2D eigenvalue weighted by atomic mass is 9.99. The molecule has 3 N–H and O–H groups in total. The molecule has 2 rings (SSSR count). The molecule has 0 aliphatic rings. The molecule has 22 heavy (non-hydrogen) atoms. The summed E-state index contributed by atoms with van der Waals surface area (Å²) in [6, 6.07) is 3.03. The second-order valence-electron chi connectivity index (χ2n) is 5.25. The molecule has 0 saturated heterocycles. The number of rotatable bonds is 6. The Morgan fingerprint density at radius 1 is 1.41 bits per heavy atom. The molecule has 8 nitrogen and oxygen atoms in total. The first kappa shape index (κ1) is 16.0. The SMILES string of the molecule is CC(C)(CCC(=O)O)NC(=O)Nc1nnc(-c2ccco2)s1. The van der Waals surface area contributed by atoms with Gasteiger partial charge in [0.25, 0.3) is 0 Å². The molecular weight excluding hydrogens is 308 g/mol. The smallest absolute Gasteiger partial charge is 0.321 e. The van der Waals surface area contributed by atoms with Crippen LogP contribution in [0.15, 0.2) is 22.8 Å². The molecule has 0 atom stereocenters. The van der Waals surface area contributed by atoms with Crippen molar-refractivity contribution in [2.45, 2.75) is 32.2 Å². The molecule has 2 aromatic rings. The number of hydrogen-bond acceptors (Lipinski definition) is 6. The van der Waals surface area contributed by atoms with Crippen molar-refractivity contribution < 1.29 is 19.1 Å². The van der Waals surface area contributed by atoms with E-state index in [1.165, 1.54) is 17.6 Å². The van der Waals surface area contributed by atoms with E-state index in [1.54, 1.807) is 26.0 Å². The number of carboxylic acid groups (broad SMARTS) is 1. The first-order chi connectivity index (χ1) is 10.4. The Kier molecular flexibility index (Phi) is 4.76. The number of urea groups is 1. The second-order valence-corrected chi connectivity index (χ2v) is 6.22. The number of furan rings is 1. The molecule has 2 aromatic heterocycles. The Bertz CT molecular complexity index is 651. The summed E-state index contributed by atoms with van der Waals surface area (Å²) >= 11 is 1.18. The van der Waals surface area contributed by atoms with Gasteiger partial charge >= 0.3 is 12.0 Å². The van der Waals surface area contributed by atoms with Crippen molar-refractivity contribution in [3.8, 4) is 10.8 Å². The molecular formula is C13H16N4O4S. The quantitative estimate of drug-likeness (QED) is 0.751. The van der Waals surface area contributed by atoms with E-state index in [1.807, 2.05) is 0 Å². The van der Waals surface area contributed by atoms with Crippen LogP contribution in [0.25, 0.3) is 10.8 Å². The van der Waals surface area contributed by atoms with Gasteiger partial charge in [0.1, 0.15) is 0 Å². The van der Waals surface area contributed by atoms with E-state index in [0.29, 0.717) is 22.3 Å². The van der Waals surface area contributed by atoms with Gasteiger partial charge in [0.2, 0.25) is 5.13 Å². The number of carboxylic acids is 1. The summed E-state index contributed by atoms with van der Waals surface area (Å²) in [6.07, 6.45) is 1.83. The van der Waals surface area contributed by atoms with Gasteiger partial charge in [0.15, 0.2) is 10.8 Å². The molecule has 2 amide bonds. The molecule has 0 aliphatic heterocycles. The van der Waals surface area contributed by atoms with Crippen LogP contribution in [0.4, 0.5) is 9.93 Å². The van der Waals surface area contributed by atoms with E-state index in [4.69, 9.17) is 9.52 Å².